The molecule has 7 aromatic carbocycles. The third kappa shape index (κ3) is 3.99. The molecular weight excluding hydrogens is 693 g/mol. The average Bonchev–Trinajstić information content (AvgIpc) is 3.48. The first-order chi connectivity index (χ1) is 26.7. The van der Waals surface area contributed by atoms with E-state index in [2.05, 4.69) is 158 Å². The number of rotatable bonds is 3. The number of benzene rings is 7. The molecule has 4 heteroatoms. The molecule has 1 saturated carbocycles. The van der Waals surface area contributed by atoms with Crippen LogP contribution in [-0.4, -0.2) is 9.97 Å². The predicted octanol–water partition coefficient (Wildman–Crippen LogP) is 11.7. The van der Waals surface area contributed by atoms with Gasteiger partial charge in [0.05, 0.1) is 17.3 Å². The third-order valence-corrected chi connectivity index (χ3v) is 14.7. The minimum absolute atomic E-state index is 0.0321. The number of aromatic nitrogens is 2. The molecule has 0 radical (unpaired) electrons. The lowest BCUT2D eigenvalue weighted by Crippen LogP contribution is -2.30. The van der Waals surface area contributed by atoms with E-state index in [9.17, 15) is 0 Å². The van der Waals surface area contributed by atoms with Crippen LogP contribution in [0, 0.1) is 5.92 Å². The van der Waals surface area contributed by atoms with E-state index >= 15 is 0 Å². The molecule has 1 fully saturated rings. The quantitative estimate of drug-likeness (QED) is 0.181. The van der Waals surface area contributed by atoms with Gasteiger partial charge in [-0.3, -0.25) is 0 Å². The Kier molecular flexibility index (Phi) is 5.79. The van der Waals surface area contributed by atoms with Crippen molar-refractivity contribution >= 4 is 86.2 Å². The fraction of sp³-hybridized carbons (Fsp3) is 0.0800. The van der Waals surface area contributed by atoms with Crippen LogP contribution >= 0.6 is 22.7 Å². The Bertz CT molecular complexity index is 3390. The lowest BCUT2D eigenvalue weighted by molar-refractivity contribution is 0.884. The zero-order valence-corrected chi connectivity index (χ0v) is 30.7. The highest BCUT2D eigenvalue weighted by Gasteiger charge is 2.53. The molecule has 13 rings (SSSR count). The van der Waals surface area contributed by atoms with Crippen molar-refractivity contribution < 1.29 is 0 Å². The molecule has 3 aliphatic rings. The molecule has 54 heavy (non-hydrogen) atoms. The first-order valence-electron chi connectivity index (χ1n) is 18.8. The van der Waals surface area contributed by atoms with Gasteiger partial charge in [0, 0.05) is 41.2 Å². The fourth-order valence-corrected chi connectivity index (χ4v) is 12.1. The summed E-state index contributed by atoms with van der Waals surface area (Å²) in [5.74, 6) is 0.553. The molecule has 3 aliphatic carbocycles. The molecule has 0 spiro atoms. The normalized spacial score (nSPS) is 19.4. The number of hydrogen-bond donors (Lipinski definition) is 0. The lowest BCUT2D eigenvalue weighted by Gasteiger charge is -2.17. The molecule has 3 unspecified atom stereocenters. The minimum atomic E-state index is -0.0321. The smallest absolute Gasteiger partial charge is 0.143 e. The number of thiophene rings is 2. The predicted molar refractivity (Wildman–Crippen MR) is 228 cm³/mol. The third-order valence-electron chi connectivity index (χ3n) is 12.4. The summed E-state index contributed by atoms with van der Waals surface area (Å²) in [6.45, 7) is 0. The second-order valence-electron chi connectivity index (χ2n) is 15.3. The van der Waals surface area contributed by atoms with Crippen molar-refractivity contribution in [2.45, 2.75) is 17.8 Å². The van der Waals surface area contributed by atoms with Crippen molar-refractivity contribution in [3.8, 4) is 22.4 Å². The Morgan fingerprint density at radius 2 is 1.39 bits per heavy atom. The van der Waals surface area contributed by atoms with Gasteiger partial charge in [0.15, 0.2) is 0 Å². The number of hydrogen-bond acceptors (Lipinski definition) is 4. The molecule has 252 valence electrons. The summed E-state index contributed by atoms with van der Waals surface area (Å²) in [4.78, 5) is 12.0. The van der Waals surface area contributed by atoms with Crippen LogP contribution in [-0.2, 0) is 5.41 Å². The van der Waals surface area contributed by atoms with Crippen molar-refractivity contribution in [2.75, 3.05) is 0 Å². The summed E-state index contributed by atoms with van der Waals surface area (Å²) < 4.78 is 3.91. The van der Waals surface area contributed by atoms with E-state index in [1.54, 1.807) is 11.3 Å². The summed E-state index contributed by atoms with van der Waals surface area (Å²) >= 11 is 3.66. The standard InChI is InChI=1S/C50H30N2S2/c1-2-10-28(11-3-1)45-47(51-46-38-16-8-9-17-42(38)54-49(46)52-45)44-36-15-7-6-14-35(36)39-24-40-37-20-18-30-23-32(19-21-34(30)48(37)53-43(40)25-41(39)44)50-26-31-13-5-4-12-29(31)22-33(50)27-50/h1-26,33,44H,27H2. The van der Waals surface area contributed by atoms with Crippen molar-refractivity contribution in [3.63, 3.8) is 0 Å². The van der Waals surface area contributed by atoms with Gasteiger partial charge < -0.3 is 0 Å². The van der Waals surface area contributed by atoms with E-state index in [1.807, 2.05) is 11.3 Å². The molecule has 0 aliphatic heterocycles. The molecule has 0 bridgehead atoms. The number of fused-ring (bicyclic) bond motifs is 13. The van der Waals surface area contributed by atoms with Crippen LogP contribution in [0.25, 0.3) is 85.9 Å². The maximum Gasteiger partial charge on any atom is 0.143 e. The van der Waals surface area contributed by atoms with Crippen LogP contribution in [0.5, 0.6) is 0 Å². The first kappa shape index (κ1) is 29.5. The Balaban J connectivity index is 1.01. The highest BCUT2D eigenvalue weighted by Crippen LogP contribution is 2.58. The molecule has 10 aromatic rings. The topological polar surface area (TPSA) is 25.8 Å². The van der Waals surface area contributed by atoms with Crippen LogP contribution in [0.3, 0.4) is 0 Å². The highest BCUT2D eigenvalue weighted by molar-refractivity contribution is 7.26. The van der Waals surface area contributed by atoms with Crippen molar-refractivity contribution in [3.05, 3.63) is 178 Å². The maximum atomic E-state index is 5.60. The van der Waals surface area contributed by atoms with Gasteiger partial charge in [-0.05, 0) is 79.6 Å². The van der Waals surface area contributed by atoms with Crippen LogP contribution in [0.1, 0.15) is 34.7 Å². The van der Waals surface area contributed by atoms with Crippen LogP contribution in [0.2, 0.25) is 0 Å². The van der Waals surface area contributed by atoms with Crippen LogP contribution in [0.4, 0.5) is 0 Å². The Morgan fingerprint density at radius 1 is 0.574 bits per heavy atom. The second-order valence-corrected chi connectivity index (χ2v) is 17.4. The largest absolute Gasteiger partial charge is 0.246 e. The van der Waals surface area contributed by atoms with Crippen molar-refractivity contribution in [1.29, 1.82) is 0 Å². The van der Waals surface area contributed by atoms with Crippen LogP contribution < -0.4 is 10.4 Å². The highest BCUT2D eigenvalue weighted by atomic mass is 32.1. The molecule has 3 atom stereocenters. The minimum Gasteiger partial charge on any atom is -0.246 e. The Labute approximate surface area is 319 Å². The van der Waals surface area contributed by atoms with E-state index < -0.39 is 0 Å². The van der Waals surface area contributed by atoms with Gasteiger partial charge in [-0.2, -0.15) is 0 Å². The molecule has 3 aromatic heterocycles. The summed E-state index contributed by atoms with van der Waals surface area (Å²) in [6, 6.07) is 53.9. The summed E-state index contributed by atoms with van der Waals surface area (Å²) in [5.41, 5.74) is 10.9. The molecule has 0 N–H and O–H groups in total. The van der Waals surface area contributed by atoms with Gasteiger partial charge in [-0.1, -0.05) is 140 Å². The monoisotopic (exact) mass is 722 g/mol. The number of nitrogens with zero attached hydrogens (tertiary/aromatic N) is 2. The zero-order valence-electron chi connectivity index (χ0n) is 29.1. The lowest BCUT2D eigenvalue weighted by atomic mass is 9.87. The van der Waals surface area contributed by atoms with E-state index in [0.29, 0.717) is 5.92 Å². The SMILES string of the molecule is C1=c2ccccc2=CC2(c3ccc4c(ccc5c6cc7c(cc6sc45)C(c4nc5c(nc4-c4ccccc4)sc4ccccc45)c4ccccc4-7)c3)CC12. The van der Waals surface area contributed by atoms with Crippen molar-refractivity contribution in [2.24, 2.45) is 5.92 Å². The van der Waals surface area contributed by atoms with Crippen molar-refractivity contribution in [1.82, 2.24) is 9.97 Å². The van der Waals surface area contributed by atoms with E-state index in [0.717, 1.165) is 27.3 Å². The Hall–Kier alpha value is -5.94. The van der Waals surface area contributed by atoms with E-state index in [1.165, 1.54) is 85.7 Å². The molecule has 3 heterocycles. The molecule has 2 nitrogen and oxygen atoms in total. The van der Waals surface area contributed by atoms with E-state index in [4.69, 9.17) is 9.97 Å². The van der Waals surface area contributed by atoms with Crippen LogP contribution in [0.15, 0.2) is 146 Å². The fourth-order valence-electron chi connectivity index (χ4n) is 9.77. The first-order valence-corrected chi connectivity index (χ1v) is 20.4. The summed E-state index contributed by atoms with van der Waals surface area (Å²) in [5, 5.41) is 9.26. The summed E-state index contributed by atoms with van der Waals surface area (Å²) in [6.07, 6.45) is 6.22. The van der Waals surface area contributed by atoms with Gasteiger partial charge >= 0.3 is 0 Å². The molecule has 0 amide bonds. The van der Waals surface area contributed by atoms with Gasteiger partial charge in [0.1, 0.15) is 10.3 Å². The van der Waals surface area contributed by atoms with Gasteiger partial charge in [0.2, 0.25) is 0 Å². The second kappa shape index (κ2) is 10.6. The van der Waals surface area contributed by atoms with E-state index in [-0.39, 0.29) is 11.3 Å². The Morgan fingerprint density at radius 3 is 2.33 bits per heavy atom. The van der Waals surface area contributed by atoms with Gasteiger partial charge in [0.25, 0.3) is 0 Å². The molecule has 0 saturated heterocycles. The van der Waals surface area contributed by atoms with Gasteiger partial charge in [-0.25, -0.2) is 9.97 Å². The van der Waals surface area contributed by atoms with Gasteiger partial charge in [-0.15, -0.1) is 22.7 Å². The summed E-state index contributed by atoms with van der Waals surface area (Å²) in [7, 11) is 0. The average molecular weight is 723 g/mol. The maximum absolute atomic E-state index is 5.60. The molecular formula is C50H30N2S2. The zero-order chi connectivity index (χ0) is 35.1.